The molecular formula is C17H26ClN5S. The van der Waals surface area contributed by atoms with Crippen LogP contribution in [0.2, 0.25) is 5.15 Å². The lowest BCUT2D eigenvalue weighted by atomic mass is 9.92. The number of hydrogen-bond acceptors (Lipinski definition) is 4. The molecule has 0 spiro atoms. The Labute approximate surface area is 154 Å². The van der Waals surface area contributed by atoms with Gasteiger partial charge in [-0.2, -0.15) is 4.98 Å². The van der Waals surface area contributed by atoms with Crippen molar-refractivity contribution in [1.82, 2.24) is 15.3 Å². The van der Waals surface area contributed by atoms with E-state index in [2.05, 4.69) is 39.3 Å². The van der Waals surface area contributed by atoms with Gasteiger partial charge in [-0.15, -0.1) is 0 Å². The minimum atomic E-state index is 0.442. The lowest BCUT2D eigenvalue weighted by molar-refractivity contribution is 0.355. The van der Waals surface area contributed by atoms with E-state index < -0.39 is 0 Å². The van der Waals surface area contributed by atoms with Gasteiger partial charge in [-0.25, -0.2) is 4.98 Å². The molecule has 0 amide bonds. The van der Waals surface area contributed by atoms with E-state index in [1.807, 2.05) is 6.07 Å². The van der Waals surface area contributed by atoms with E-state index in [-0.39, 0.29) is 0 Å². The van der Waals surface area contributed by atoms with Crippen LogP contribution in [0, 0.1) is 11.8 Å². The standard InChI is InChI=1S/C17H26ClN5S/c1-11-7-12(2)10-23(9-11)15-8-14(18)20-16(21-15)22-17(24)19-13-5-3-4-6-13/h8,11-13H,3-7,9-10H2,1-2H3,(H2,19,20,21,22,24). The second-order valence-electron chi connectivity index (χ2n) is 7.30. The Balaban J connectivity index is 1.67. The highest BCUT2D eigenvalue weighted by atomic mass is 35.5. The number of nitrogens with one attached hydrogen (secondary N) is 2. The Kier molecular flexibility index (Phi) is 5.76. The third kappa shape index (κ3) is 4.70. The maximum absolute atomic E-state index is 6.21. The molecule has 2 atom stereocenters. The van der Waals surface area contributed by atoms with Crippen LogP contribution in [-0.4, -0.2) is 34.2 Å². The summed E-state index contributed by atoms with van der Waals surface area (Å²) in [5, 5.41) is 7.46. The third-order valence-corrected chi connectivity index (χ3v) is 5.20. The summed E-state index contributed by atoms with van der Waals surface area (Å²) < 4.78 is 0. The van der Waals surface area contributed by atoms with Crippen LogP contribution in [0.4, 0.5) is 11.8 Å². The average Bonchev–Trinajstić information content (AvgIpc) is 2.98. The number of halogens is 1. The molecule has 2 aliphatic rings. The first kappa shape index (κ1) is 17.7. The zero-order valence-corrected chi connectivity index (χ0v) is 16.0. The maximum atomic E-state index is 6.21. The molecule has 0 radical (unpaired) electrons. The molecule has 1 saturated heterocycles. The van der Waals surface area contributed by atoms with Gasteiger partial charge >= 0.3 is 0 Å². The minimum Gasteiger partial charge on any atom is -0.360 e. The topological polar surface area (TPSA) is 53.1 Å². The number of rotatable bonds is 3. The number of thiocarbonyl (C=S) groups is 1. The highest BCUT2D eigenvalue weighted by Crippen LogP contribution is 2.27. The predicted molar refractivity (Wildman–Crippen MR) is 104 cm³/mol. The summed E-state index contributed by atoms with van der Waals surface area (Å²) in [7, 11) is 0. The number of piperidine rings is 1. The van der Waals surface area contributed by atoms with E-state index >= 15 is 0 Å². The van der Waals surface area contributed by atoms with Crippen molar-refractivity contribution in [3.8, 4) is 0 Å². The molecule has 2 unspecified atom stereocenters. The second-order valence-corrected chi connectivity index (χ2v) is 8.10. The molecule has 7 heteroatoms. The van der Waals surface area contributed by atoms with Gasteiger partial charge in [0.15, 0.2) is 5.11 Å². The highest BCUT2D eigenvalue weighted by molar-refractivity contribution is 7.80. The number of anilines is 2. The first-order valence-corrected chi connectivity index (χ1v) is 9.65. The van der Waals surface area contributed by atoms with Gasteiger partial charge in [0.05, 0.1) is 0 Å². The van der Waals surface area contributed by atoms with Gasteiger partial charge in [-0.05, 0) is 43.3 Å². The fraction of sp³-hybridized carbons (Fsp3) is 0.706. The van der Waals surface area contributed by atoms with Gasteiger partial charge < -0.3 is 15.5 Å². The summed E-state index contributed by atoms with van der Waals surface area (Å²) in [5.41, 5.74) is 0. The van der Waals surface area contributed by atoms with Gasteiger partial charge in [-0.1, -0.05) is 38.3 Å². The van der Waals surface area contributed by atoms with Crippen molar-refractivity contribution < 1.29 is 0 Å². The van der Waals surface area contributed by atoms with Crippen molar-refractivity contribution in [3.63, 3.8) is 0 Å². The minimum absolute atomic E-state index is 0.442. The van der Waals surface area contributed by atoms with Crippen molar-refractivity contribution in [2.45, 2.75) is 52.0 Å². The predicted octanol–water partition coefficient (Wildman–Crippen LogP) is 3.84. The smallest absolute Gasteiger partial charge is 0.232 e. The van der Waals surface area contributed by atoms with E-state index in [9.17, 15) is 0 Å². The van der Waals surface area contributed by atoms with Crippen LogP contribution in [-0.2, 0) is 0 Å². The van der Waals surface area contributed by atoms with Gasteiger partial charge in [0.2, 0.25) is 5.95 Å². The van der Waals surface area contributed by atoms with E-state index in [4.69, 9.17) is 23.8 Å². The molecule has 132 valence electrons. The highest BCUT2D eigenvalue weighted by Gasteiger charge is 2.24. The number of aromatic nitrogens is 2. The van der Waals surface area contributed by atoms with Gasteiger partial charge in [-0.3, -0.25) is 0 Å². The van der Waals surface area contributed by atoms with E-state index in [0.29, 0.717) is 34.1 Å². The van der Waals surface area contributed by atoms with Crippen LogP contribution in [0.3, 0.4) is 0 Å². The number of hydrogen-bond donors (Lipinski definition) is 2. The van der Waals surface area contributed by atoms with Crippen LogP contribution < -0.4 is 15.5 Å². The van der Waals surface area contributed by atoms with E-state index in [1.54, 1.807) is 0 Å². The molecule has 0 bridgehead atoms. The summed E-state index contributed by atoms with van der Waals surface area (Å²) in [6, 6.07) is 2.30. The third-order valence-electron chi connectivity index (χ3n) is 4.79. The molecule has 24 heavy (non-hydrogen) atoms. The second kappa shape index (κ2) is 7.83. The molecule has 0 aromatic carbocycles. The fourth-order valence-electron chi connectivity index (χ4n) is 3.87. The average molecular weight is 368 g/mol. The first-order valence-electron chi connectivity index (χ1n) is 8.86. The van der Waals surface area contributed by atoms with Crippen LogP contribution in [0.15, 0.2) is 6.07 Å². The van der Waals surface area contributed by atoms with E-state index in [1.165, 1.54) is 32.1 Å². The molecule has 3 rings (SSSR count). The Morgan fingerprint density at radius 2 is 1.88 bits per heavy atom. The fourth-order valence-corrected chi connectivity index (χ4v) is 4.30. The largest absolute Gasteiger partial charge is 0.360 e. The molecule has 2 N–H and O–H groups in total. The summed E-state index contributed by atoms with van der Waals surface area (Å²) in [6.45, 7) is 6.57. The van der Waals surface area contributed by atoms with Crippen molar-refractivity contribution in [2.75, 3.05) is 23.3 Å². The van der Waals surface area contributed by atoms with Gasteiger partial charge in [0.1, 0.15) is 11.0 Å². The molecule has 2 heterocycles. The molecule has 1 saturated carbocycles. The zero-order chi connectivity index (χ0) is 17.1. The van der Waals surface area contributed by atoms with Crippen molar-refractivity contribution in [2.24, 2.45) is 11.8 Å². The van der Waals surface area contributed by atoms with Crippen molar-refractivity contribution in [1.29, 1.82) is 0 Å². The van der Waals surface area contributed by atoms with Crippen LogP contribution in [0.5, 0.6) is 0 Å². The van der Waals surface area contributed by atoms with E-state index in [0.717, 1.165) is 18.9 Å². The molecule has 1 aliphatic heterocycles. The lowest BCUT2D eigenvalue weighted by Crippen LogP contribution is -2.39. The zero-order valence-electron chi connectivity index (χ0n) is 14.4. The summed E-state index contributed by atoms with van der Waals surface area (Å²) in [5.74, 6) is 2.66. The monoisotopic (exact) mass is 367 g/mol. The lowest BCUT2D eigenvalue weighted by Gasteiger charge is -2.35. The van der Waals surface area contributed by atoms with Crippen LogP contribution >= 0.6 is 23.8 Å². The number of nitrogens with zero attached hydrogens (tertiary/aromatic N) is 3. The Bertz CT molecular complexity index is 580. The summed E-state index contributed by atoms with van der Waals surface area (Å²) in [4.78, 5) is 11.2. The normalized spacial score (nSPS) is 24.9. The summed E-state index contributed by atoms with van der Waals surface area (Å²) in [6.07, 6.45) is 6.14. The first-order chi connectivity index (χ1) is 11.5. The van der Waals surface area contributed by atoms with Crippen molar-refractivity contribution >= 4 is 40.7 Å². The Morgan fingerprint density at radius 1 is 1.21 bits per heavy atom. The maximum Gasteiger partial charge on any atom is 0.232 e. The molecule has 2 fully saturated rings. The molecule has 5 nitrogen and oxygen atoms in total. The van der Waals surface area contributed by atoms with Gasteiger partial charge in [0, 0.05) is 25.2 Å². The van der Waals surface area contributed by atoms with Crippen LogP contribution in [0.25, 0.3) is 0 Å². The molecule has 1 aliphatic carbocycles. The Morgan fingerprint density at radius 3 is 2.54 bits per heavy atom. The van der Waals surface area contributed by atoms with Crippen molar-refractivity contribution in [3.05, 3.63) is 11.2 Å². The molecule has 1 aromatic rings. The summed E-state index contributed by atoms with van der Waals surface area (Å²) >= 11 is 11.6. The molecule has 1 aromatic heterocycles. The van der Waals surface area contributed by atoms with Crippen LogP contribution in [0.1, 0.15) is 46.0 Å². The quantitative estimate of drug-likeness (QED) is 0.625. The van der Waals surface area contributed by atoms with Gasteiger partial charge in [0.25, 0.3) is 0 Å². The Hall–Kier alpha value is -1.14. The SMILES string of the molecule is CC1CC(C)CN(c2cc(Cl)nc(NC(=S)NC3CCCC3)n2)C1. The molecular weight excluding hydrogens is 342 g/mol.